The van der Waals surface area contributed by atoms with E-state index in [-0.39, 0.29) is 36.0 Å². The van der Waals surface area contributed by atoms with Crippen molar-refractivity contribution in [2.45, 2.75) is 6.42 Å². The Kier molecular flexibility index (Phi) is 4.21. The van der Waals surface area contributed by atoms with Gasteiger partial charge in [-0.1, -0.05) is 12.1 Å². The summed E-state index contributed by atoms with van der Waals surface area (Å²) in [5, 5.41) is 13.8. The first-order valence-corrected chi connectivity index (χ1v) is 7.20. The highest BCUT2D eigenvalue weighted by Gasteiger charge is 2.27. The van der Waals surface area contributed by atoms with E-state index in [0.29, 0.717) is 11.3 Å². The normalized spacial score (nSPS) is 11.8. The Morgan fingerprint density at radius 1 is 1.16 bits per heavy atom. The SMILES string of the molecule is NC(=O)Cc1ccc(NC(=O)c2cc3c(cc2[N+](=O)[O-])OCO3)cc1. The van der Waals surface area contributed by atoms with Gasteiger partial charge in [0, 0.05) is 11.8 Å². The summed E-state index contributed by atoms with van der Waals surface area (Å²) in [4.78, 5) is 33.8. The molecule has 0 spiro atoms. The standard InChI is InChI=1S/C16H13N3O6/c17-15(20)5-9-1-3-10(4-2-9)18-16(21)11-6-13-14(25-8-24-13)7-12(11)19(22)23/h1-4,6-7H,5,8H2,(H2,17,20)(H,18,21). The first-order chi connectivity index (χ1) is 11.9. The molecule has 0 saturated carbocycles. The summed E-state index contributed by atoms with van der Waals surface area (Å²) in [6, 6.07) is 8.86. The number of anilines is 1. The number of nitrogens with zero attached hydrogens (tertiary/aromatic N) is 1. The average molecular weight is 343 g/mol. The fraction of sp³-hybridized carbons (Fsp3) is 0.125. The lowest BCUT2D eigenvalue weighted by Gasteiger charge is -2.08. The van der Waals surface area contributed by atoms with Gasteiger partial charge in [0.1, 0.15) is 5.56 Å². The fourth-order valence-electron chi connectivity index (χ4n) is 2.37. The highest BCUT2D eigenvalue weighted by Crippen LogP contribution is 2.38. The molecule has 0 fully saturated rings. The third-order valence-electron chi connectivity index (χ3n) is 3.52. The van der Waals surface area contributed by atoms with E-state index in [1.807, 2.05) is 0 Å². The van der Waals surface area contributed by atoms with Gasteiger partial charge in [0.05, 0.1) is 17.4 Å². The Hall–Kier alpha value is -3.62. The van der Waals surface area contributed by atoms with Gasteiger partial charge in [0.15, 0.2) is 11.5 Å². The molecular weight excluding hydrogens is 330 g/mol. The summed E-state index contributed by atoms with van der Waals surface area (Å²) in [5.74, 6) is -0.632. The van der Waals surface area contributed by atoms with Gasteiger partial charge in [-0.05, 0) is 17.7 Å². The maximum absolute atomic E-state index is 12.4. The van der Waals surface area contributed by atoms with Gasteiger partial charge in [0.25, 0.3) is 11.6 Å². The Morgan fingerprint density at radius 3 is 2.40 bits per heavy atom. The Morgan fingerprint density at radius 2 is 1.80 bits per heavy atom. The van der Waals surface area contributed by atoms with E-state index in [1.54, 1.807) is 24.3 Å². The molecular formula is C16H13N3O6. The number of carbonyl (C=O) groups is 2. The molecule has 1 aliphatic rings. The minimum atomic E-state index is -0.660. The van der Waals surface area contributed by atoms with Crippen LogP contribution in [0.2, 0.25) is 0 Å². The topological polar surface area (TPSA) is 134 Å². The molecule has 3 N–H and O–H groups in total. The van der Waals surface area contributed by atoms with Crippen molar-refractivity contribution in [1.82, 2.24) is 0 Å². The Bertz CT molecular complexity index is 863. The van der Waals surface area contributed by atoms with E-state index in [2.05, 4.69) is 5.32 Å². The fourth-order valence-corrected chi connectivity index (χ4v) is 2.37. The van der Waals surface area contributed by atoms with Crippen molar-refractivity contribution < 1.29 is 24.0 Å². The van der Waals surface area contributed by atoms with E-state index in [4.69, 9.17) is 15.2 Å². The first kappa shape index (κ1) is 16.2. The number of ether oxygens (including phenoxy) is 2. The number of nitrogens with two attached hydrogens (primary N) is 1. The van der Waals surface area contributed by atoms with Crippen LogP contribution >= 0.6 is 0 Å². The molecule has 2 aromatic rings. The lowest BCUT2D eigenvalue weighted by atomic mass is 10.1. The van der Waals surface area contributed by atoms with Gasteiger partial charge < -0.3 is 20.5 Å². The molecule has 25 heavy (non-hydrogen) atoms. The molecule has 2 amide bonds. The number of nitrogens with one attached hydrogen (secondary N) is 1. The molecule has 0 unspecified atom stereocenters. The number of hydrogen-bond acceptors (Lipinski definition) is 6. The Balaban J connectivity index is 1.83. The summed E-state index contributed by atoms with van der Waals surface area (Å²) >= 11 is 0. The smallest absolute Gasteiger partial charge is 0.286 e. The van der Waals surface area contributed by atoms with Crippen LogP contribution in [0.5, 0.6) is 11.5 Å². The molecule has 0 atom stereocenters. The third kappa shape index (κ3) is 3.50. The molecule has 1 aliphatic heterocycles. The van der Waals surface area contributed by atoms with Gasteiger partial charge in [-0.25, -0.2) is 0 Å². The van der Waals surface area contributed by atoms with E-state index >= 15 is 0 Å². The highest BCUT2D eigenvalue weighted by atomic mass is 16.7. The van der Waals surface area contributed by atoms with Crippen LogP contribution in [0.25, 0.3) is 0 Å². The van der Waals surface area contributed by atoms with Crippen LogP contribution in [0.15, 0.2) is 36.4 Å². The second-order valence-corrected chi connectivity index (χ2v) is 5.27. The molecule has 9 nitrogen and oxygen atoms in total. The summed E-state index contributed by atoms with van der Waals surface area (Å²) < 4.78 is 10.2. The van der Waals surface area contributed by atoms with Crippen LogP contribution in [-0.2, 0) is 11.2 Å². The van der Waals surface area contributed by atoms with E-state index in [1.165, 1.54) is 6.07 Å². The largest absolute Gasteiger partial charge is 0.454 e. The minimum absolute atomic E-state index is 0.0567. The van der Waals surface area contributed by atoms with Gasteiger partial charge in [-0.2, -0.15) is 0 Å². The van der Waals surface area contributed by atoms with Crippen LogP contribution in [0, 0.1) is 10.1 Å². The number of rotatable bonds is 5. The average Bonchev–Trinajstić information content (AvgIpc) is 3.02. The molecule has 0 radical (unpaired) electrons. The molecule has 1 heterocycles. The van der Waals surface area contributed by atoms with Gasteiger partial charge in [0.2, 0.25) is 12.7 Å². The molecule has 128 valence electrons. The van der Waals surface area contributed by atoms with Gasteiger partial charge in [-0.15, -0.1) is 0 Å². The number of nitro benzene ring substituents is 1. The minimum Gasteiger partial charge on any atom is -0.454 e. The summed E-state index contributed by atoms with van der Waals surface area (Å²) in [6.07, 6.45) is 0.0852. The second kappa shape index (κ2) is 6.48. The lowest BCUT2D eigenvalue weighted by Crippen LogP contribution is -2.15. The van der Waals surface area contributed by atoms with Gasteiger partial charge in [-0.3, -0.25) is 19.7 Å². The zero-order valence-electron chi connectivity index (χ0n) is 12.9. The zero-order valence-corrected chi connectivity index (χ0v) is 12.9. The van der Waals surface area contributed by atoms with Crippen molar-refractivity contribution >= 4 is 23.2 Å². The summed E-state index contributed by atoms with van der Waals surface area (Å²) in [5.41, 5.74) is 5.70. The first-order valence-electron chi connectivity index (χ1n) is 7.20. The van der Waals surface area contributed by atoms with E-state index in [0.717, 1.165) is 6.07 Å². The quantitative estimate of drug-likeness (QED) is 0.625. The van der Waals surface area contributed by atoms with Gasteiger partial charge >= 0.3 is 0 Å². The van der Waals surface area contributed by atoms with E-state index in [9.17, 15) is 19.7 Å². The molecule has 3 rings (SSSR count). The lowest BCUT2D eigenvalue weighted by molar-refractivity contribution is -0.385. The molecule has 0 bridgehead atoms. The van der Waals surface area contributed by atoms with Crippen molar-refractivity contribution in [3.63, 3.8) is 0 Å². The number of carbonyl (C=O) groups excluding carboxylic acids is 2. The molecule has 9 heteroatoms. The van der Waals surface area contributed by atoms with Crippen LogP contribution in [0.3, 0.4) is 0 Å². The molecule has 0 aliphatic carbocycles. The highest BCUT2D eigenvalue weighted by molar-refractivity contribution is 6.07. The van der Waals surface area contributed by atoms with Crippen molar-refractivity contribution in [3.8, 4) is 11.5 Å². The number of benzene rings is 2. The van der Waals surface area contributed by atoms with E-state index < -0.39 is 16.7 Å². The number of fused-ring (bicyclic) bond motifs is 1. The van der Waals surface area contributed by atoms with Crippen molar-refractivity contribution in [2.75, 3.05) is 12.1 Å². The van der Waals surface area contributed by atoms with Crippen LogP contribution < -0.4 is 20.5 Å². The zero-order chi connectivity index (χ0) is 18.0. The maximum Gasteiger partial charge on any atom is 0.286 e. The molecule has 2 aromatic carbocycles. The number of hydrogen-bond donors (Lipinski definition) is 2. The van der Waals surface area contributed by atoms with Crippen LogP contribution in [-0.4, -0.2) is 23.5 Å². The second-order valence-electron chi connectivity index (χ2n) is 5.27. The van der Waals surface area contributed by atoms with Crippen molar-refractivity contribution in [2.24, 2.45) is 5.73 Å². The van der Waals surface area contributed by atoms with Crippen molar-refractivity contribution in [1.29, 1.82) is 0 Å². The van der Waals surface area contributed by atoms with Crippen molar-refractivity contribution in [3.05, 3.63) is 57.6 Å². The summed E-state index contributed by atoms with van der Waals surface area (Å²) in [7, 11) is 0. The predicted molar refractivity (Wildman–Crippen MR) is 86.5 cm³/mol. The molecule has 0 aromatic heterocycles. The third-order valence-corrected chi connectivity index (χ3v) is 3.52. The number of primary amides is 1. The predicted octanol–water partition coefficient (Wildman–Crippen LogP) is 1.60. The molecule has 0 saturated heterocycles. The monoisotopic (exact) mass is 343 g/mol. The number of nitro groups is 1. The maximum atomic E-state index is 12.4. The van der Waals surface area contributed by atoms with Crippen LogP contribution in [0.1, 0.15) is 15.9 Å². The van der Waals surface area contributed by atoms with Crippen LogP contribution in [0.4, 0.5) is 11.4 Å². The Labute approximate surface area is 141 Å². The summed E-state index contributed by atoms with van der Waals surface area (Å²) in [6.45, 7) is -0.0567. The number of amides is 2.